The van der Waals surface area contributed by atoms with Crippen LogP contribution in [0.15, 0.2) is 91.0 Å². The quantitative estimate of drug-likeness (QED) is 0.210. The third-order valence-corrected chi connectivity index (χ3v) is 6.13. The number of carbonyl (C=O) groups excluding carboxylic acids is 1. The number of hydrogen-bond acceptors (Lipinski definition) is 4. The average molecular weight is 565 g/mol. The van der Waals surface area contributed by atoms with Crippen molar-refractivity contribution in [2.75, 3.05) is 5.32 Å². The van der Waals surface area contributed by atoms with Crippen molar-refractivity contribution in [3.63, 3.8) is 0 Å². The van der Waals surface area contributed by atoms with Gasteiger partial charge in [0, 0.05) is 16.8 Å². The van der Waals surface area contributed by atoms with Crippen molar-refractivity contribution in [1.29, 1.82) is 0 Å². The number of rotatable bonds is 7. The van der Waals surface area contributed by atoms with E-state index in [1.165, 1.54) is 47.1 Å². The van der Waals surface area contributed by atoms with Gasteiger partial charge >= 0.3 is 12.2 Å². The minimum Gasteiger partial charge on any atom is -0.457 e. The number of anilines is 1. The summed E-state index contributed by atoms with van der Waals surface area (Å²) in [6.45, 7) is 1.59. The lowest BCUT2D eigenvalue weighted by molar-refractivity contribution is -0.137. The summed E-state index contributed by atoms with van der Waals surface area (Å²) in [5.74, 6) is -1.02. The van der Waals surface area contributed by atoms with Gasteiger partial charge in [0.05, 0.1) is 11.3 Å². The first kappa shape index (κ1) is 27.5. The standard InChI is InChI=1S/C30H21F5N4O2/c1-18-16-21(6-15-26(18)32)28(40)36-24-11-13-25(14-12-24)39-27(20-4-7-22(8-5-20)30(33,34)35)37-29(38-39)41-17-19-2-9-23(31)10-3-19/h2-16H,17H2,1H3,(H,36,40). The van der Waals surface area contributed by atoms with E-state index in [1.807, 2.05) is 0 Å². The normalized spacial score (nSPS) is 11.4. The molecule has 0 fully saturated rings. The van der Waals surface area contributed by atoms with E-state index in [0.29, 0.717) is 28.1 Å². The summed E-state index contributed by atoms with van der Waals surface area (Å²) < 4.78 is 73.2. The molecule has 11 heteroatoms. The number of benzene rings is 4. The maximum Gasteiger partial charge on any atom is 0.416 e. The van der Waals surface area contributed by atoms with Gasteiger partial charge in [0.2, 0.25) is 0 Å². The molecular formula is C30H21F5N4O2. The molecule has 0 atom stereocenters. The fourth-order valence-corrected chi connectivity index (χ4v) is 3.93. The predicted molar refractivity (Wildman–Crippen MR) is 142 cm³/mol. The summed E-state index contributed by atoms with van der Waals surface area (Å²) >= 11 is 0. The highest BCUT2D eigenvalue weighted by Crippen LogP contribution is 2.32. The van der Waals surface area contributed by atoms with E-state index >= 15 is 0 Å². The molecule has 208 valence electrons. The molecule has 0 saturated carbocycles. The van der Waals surface area contributed by atoms with Crippen LogP contribution in [0.25, 0.3) is 17.1 Å². The maximum atomic E-state index is 13.6. The second kappa shape index (κ2) is 11.2. The third kappa shape index (κ3) is 6.40. The molecule has 0 spiro atoms. The Kier molecular flexibility index (Phi) is 7.52. The van der Waals surface area contributed by atoms with E-state index in [0.717, 1.165) is 12.1 Å². The fraction of sp³-hybridized carbons (Fsp3) is 0.100. The Morgan fingerprint density at radius 2 is 1.59 bits per heavy atom. The first-order valence-electron chi connectivity index (χ1n) is 12.3. The molecule has 1 heterocycles. The number of aromatic nitrogens is 3. The van der Waals surface area contributed by atoms with Gasteiger partial charge in [-0.25, -0.2) is 13.5 Å². The number of aryl methyl sites for hydroxylation is 1. The highest BCUT2D eigenvalue weighted by molar-refractivity contribution is 6.04. The van der Waals surface area contributed by atoms with Crippen molar-refractivity contribution in [1.82, 2.24) is 14.8 Å². The van der Waals surface area contributed by atoms with Crippen molar-refractivity contribution < 1.29 is 31.5 Å². The SMILES string of the molecule is Cc1cc(C(=O)Nc2ccc(-n3nc(OCc4ccc(F)cc4)nc3-c3ccc(C(F)(F)F)cc3)cc2)ccc1F. The van der Waals surface area contributed by atoms with Crippen molar-refractivity contribution >= 4 is 11.6 Å². The van der Waals surface area contributed by atoms with Crippen LogP contribution in [-0.4, -0.2) is 20.7 Å². The highest BCUT2D eigenvalue weighted by atomic mass is 19.4. The van der Waals surface area contributed by atoms with Crippen molar-refractivity contribution in [2.45, 2.75) is 19.7 Å². The molecule has 0 aliphatic carbocycles. The van der Waals surface area contributed by atoms with E-state index in [-0.39, 0.29) is 24.0 Å². The first-order chi connectivity index (χ1) is 19.6. The summed E-state index contributed by atoms with van der Waals surface area (Å²) in [6.07, 6.45) is -4.50. The summed E-state index contributed by atoms with van der Waals surface area (Å²) in [7, 11) is 0. The second-order valence-electron chi connectivity index (χ2n) is 9.08. The molecule has 1 N–H and O–H groups in total. The number of ether oxygens (including phenoxy) is 1. The molecule has 0 saturated heterocycles. The van der Waals surface area contributed by atoms with Gasteiger partial charge < -0.3 is 10.1 Å². The molecule has 4 aromatic carbocycles. The van der Waals surface area contributed by atoms with Crippen molar-refractivity contribution in [2.24, 2.45) is 0 Å². The smallest absolute Gasteiger partial charge is 0.416 e. The van der Waals surface area contributed by atoms with E-state index < -0.39 is 29.3 Å². The summed E-state index contributed by atoms with van der Waals surface area (Å²) in [6, 6.07) is 20.6. The zero-order valence-electron chi connectivity index (χ0n) is 21.4. The lowest BCUT2D eigenvalue weighted by Crippen LogP contribution is -2.12. The van der Waals surface area contributed by atoms with Crippen LogP contribution in [0.5, 0.6) is 6.01 Å². The minimum absolute atomic E-state index is 0.0323. The zero-order chi connectivity index (χ0) is 29.1. The molecule has 0 aliphatic heterocycles. The molecule has 0 unspecified atom stereocenters. The average Bonchev–Trinajstić information content (AvgIpc) is 3.38. The molecule has 41 heavy (non-hydrogen) atoms. The lowest BCUT2D eigenvalue weighted by atomic mass is 10.1. The number of nitrogens with one attached hydrogen (secondary N) is 1. The van der Waals surface area contributed by atoms with Gasteiger partial charge in [-0.3, -0.25) is 4.79 Å². The molecule has 0 aliphatic rings. The van der Waals surface area contributed by atoms with Crippen LogP contribution in [0.1, 0.15) is 27.0 Å². The Bertz CT molecular complexity index is 1680. The number of amides is 1. The van der Waals surface area contributed by atoms with Crippen LogP contribution >= 0.6 is 0 Å². The Labute approximate surface area is 231 Å². The number of hydrogen-bond donors (Lipinski definition) is 1. The molecule has 1 aromatic heterocycles. The van der Waals surface area contributed by atoms with Gasteiger partial charge in [-0.15, -0.1) is 5.10 Å². The first-order valence-corrected chi connectivity index (χ1v) is 12.3. The number of alkyl halides is 3. The van der Waals surface area contributed by atoms with Crippen molar-refractivity contribution in [3.8, 4) is 23.1 Å². The summed E-state index contributed by atoms with van der Waals surface area (Å²) in [5, 5.41) is 7.11. The van der Waals surface area contributed by atoms with E-state index in [1.54, 1.807) is 43.3 Å². The second-order valence-corrected chi connectivity index (χ2v) is 9.08. The molecule has 1 amide bonds. The van der Waals surface area contributed by atoms with Gasteiger partial charge in [0.25, 0.3) is 5.91 Å². The molecule has 5 rings (SSSR count). The maximum absolute atomic E-state index is 13.6. The van der Waals surface area contributed by atoms with Gasteiger partial charge in [0.15, 0.2) is 5.82 Å². The molecule has 5 aromatic rings. The Morgan fingerprint density at radius 3 is 2.22 bits per heavy atom. The Hall–Kier alpha value is -5.06. The predicted octanol–water partition coefficient (Wildman–Crippen LogP) is 7.37. The number of halogens is 5. The van der Waals surface area contributed by atoms with Gasteiger partial charge in [0.1, 0.15) is 18.2 Å². The van der Waals surface area contributed by atoms with Crippen LogP contribution in [0.3, 0.4) is 0 Å². The number of carbonyl (C=O) groups is 1. The molecule has 6 nitrogen and oxygen atoms in total. The van der Waals surface area contributed by atoms with Crippen LogP contribution in [0, 0.1) is 18.6 Å². The largest absolute Gasteiger partial charge is 0.457 e. The van der Waals surface area contributed by atoms with E-state index in [9.17, 15) is 26.7 Å². The fourth-order valence-electron chi connectivity index (χ4n) is 3.93. The number of nitrogens with zero attached hydrogens (tertiary/aromatic N) is 3. The van der Waals surface area contributed by atoms with Crippen LogP contribution in [0.2, 0.25) is 0 Å². The molecular weight excluding hydrogens is 543 g/mol. The third-order valence-electron chi connectivity index (χ3n) is 6.13. The van der Waals surface area contributed by atoms with Crippen molar-refractivity contribution in [3.05, 3.63) is 125 Å². The van der Waals surface area contributed by atoms with Gasteiger partial charge in [-0.1, -0.05) is 24.3 Å². The van der Waals surface area contributed by atoms with Gasteiger partial charge in [-0.05, 0) is 84.8 Å². The highest BCUT2D eigenvalue weighted by Gasteiger charge is 2.30. The van der Waals surface area contributed by atoms with E-state index in [4.69, 9.17) is 4.74 Å². The Balaban J connectivity index is 1.42. The summed E-state index contributed by atoms with van der Waals surface area (Å²) in [4.78, 5) is 17.0. The summed E-state index contributed by atoms with van der Waals surface area (Å²) in [5.41, 5.74) is 1.77. The molecule has 0 bridgehead atoms. The van der Waals surface area contributed by atoms with Crippen LogP contribution in [-0.2, 0) is 12.8 Å². The minimum atomic E-state index is -4.50. The van der Waals surface area contributed by atoms with E-state index in [2.05, 4.69) is 15.4 Å². The van der Waals surface area contributed by atoms with Crippen LogP contribution in [0.4, 0.5) is 27.6 Å². The Morgan fingerprint density at radius 1 is 0.902 bits per heavy atom. The lowest BCUT2D eigenvalue weighted by Gasteiger charge is -2.10. The molecule has 0 radical (unpaired) electrons. The van der Waals surface area contributed by atoms with Crippen LogP contribution < -0.4 is 10.1 Å². The monoisotopic (exact) mass is 564 g/mol. The van der Waals surface area contributed by atoms with Gasteiger partial charge in [-0.2, -0.15) is 18.2 Å². The topological polar surface area (TPSA) is 69.0 Å². The zero-order valence-corrected chi connectivity index (χ0v) is 21.4.